The van der Waals surface area contributed by atoms with Gasteiger partial charge in [-0.1, -0.05) is 40.7 Å². The number of thioether (sulfide) groups is 1. The highest BCUT2D eigenvalue weighted by Crippen LogP contribution is 2.35. The van der Waals surface area contributed by atoms with Gasteiger partial charge in [0.15, 0.2) is 5.78 Å². The molecule has 2 aliphatic rings. The molecule has 1 aliphatic carbocycles. The Morgan fingerprint density at radius 2 is 1.80 bits per heavy atom. The van der Waals surface area contributed by atoms with E-state index in [4.69, 9.17) is 11.5 Å². The predicted octanol–water partition coefficient (Wildman–Crippen LogP) is 2.47. The molecule has 0 spiro atoms. The zero-order chi connectivity index (χ0) is 30.9. The summed E-state index contributed by atoms with van der Waals surface area (Å²) in [7, 11) is 0. The fraction of sp³-hybridized carbons (Fsp3) is 0.643. The Hall–Kier alpha value is -2.77. The first-order chi connectivity index (χ1) is 19.1. The van der Waals surface area contributed by atoms with Gasteiger partial charge in [-0.25, -0.2) is 4.79 Å². The van der Waals surface area contributed by atoms with Crippen molar-refractivity contribution in [1.29, 1.82) is 0 Å². The van der Waals surface area contributed by atoms with Gasteiger partial charge < -0.3 is 31.8 Å². The number of primary amides is 1. The van der Waals surface area contributed by atoms with Crippen molar-refractivity contribution in [3.05, 3.63) is 22.4 Å². The van der Waals surface area contributed by atoms with Crippen molar-refractivity contribution < 1.29 is 28.8 Å². The number of Topliss-reactive ketones (excluding diaryl/α,β-unsaturated/α-hetero) is 2. The van der Waals surface area contributed by atoms with Gasteiger partial charge in [-0.15, -0.1) is 23.1 Å². The van der Waals surface area contributed by atoms with Crippen LogP contribution in [0, 0.1) is 11.3 Å². The number of rotatable bonds is 12. The topological polar surface area (TPSA) is 182 Å². The van der Waals surface area contributed by atoms with Gasteiger partial charge in [0.2, 0.25) is 11.7 Å². The van der Waals surface area contributed by atoms with E-state index in [1.54, 1.807) is 11.0 Å². The largest absolute Gasteiger partial charge is 0.363 e. The summed E-state index contributed by atoms with van der Waals surface area (Å²) < 4.78 is 0. The first-order valence-electron chi connectivity index (χ1n) is 13.8. The average molecular weight is 610 g/mol. The van der Waals surface area contributed by atoms with Gasteiger partial charge in [0, 0.05) is 24.3 Å². The predicted molar refractivity (Wildman–Crippen MR) is 160 cm³/mol. The quantitative estimate of drug-likeness (QED) is 0.121. The lowest BCUT2D eigenvalue weighted by Crippen LogP contribution is -2.59. The molecule has 4 atom stereocenters. The van der Waals surface area contributed by atoms with E-state index in [9.17, 15) is 28.8 Å². The minimum Gasteiger partial charge on any atom is -0.363 e. The van der Waals surface area contributed by atoms with Crippen LogP contribution in [0.4, 0.5) is 4.79 Å². The summed E-state index contributed by atoms with van der Waals surface area (Å²) in [5, 5.41) is 7.25. The number of hydrogen-bond acceptors (Lipinski definition) is 9. The first kappa shape index (κ1) is 34.4. The molecule has 1 aromatic heterocycles. The Morgan fingerprint density at radius 3 is 2.29 bits per heavy atom. The fourth-order valence-electron chi connectivity index (χ4n) is 4.17. The van der Waals surface area contributed by atoms with E-state index >= 15 is 0 Å². The molecule has 0 radical (unpaired) electrons. The van der Waals surface area contributed by atoms with E-state index < -0.39 is 40.6 Å². The molecule has 11 nitrogen and oxygen atoms in total. The molecule has 4 amide bonds. The van der Waals surface area contributed by atoms with E-state index in [-0.39, 0.29) is 30.1 Å². The SMILES string of the molecule is CC(C)C(CC(=O)c1cccs1)NC(=O)NC(C(=O)N1CCCC1C=O)C(C)(C)C.NC(=O)C(=O)C(N)SC1CC1. The van der Waals surface area contributed by atoms with Crippen LogP contribution in [0.5, 0.6) is 0 Å². The number of nitrogens with zero attached hydrogens (tertiary/aromatic N) is 1. The van der Waals surface area contributed by atoms with Crippen LogP contribution in [-0.4, -0.2) is 75.9 Å². The smallest absolute Gasteiger partial charge is 0.315 e. The van der Waals surface area contributed by atoms with Crippen LogP contribution in [0.15, 0.2) is 17.5 Å². The standard InChI is InChI=1S/C22H33N3O4S.C6H10N2O2S/c1-14(2)16(12-17(27)18-9-7-11-30-18)23-21(29)24-19(22(3,4)5)20(28)25-10-6-8-15(25)13-26;7-5(10)4(9)6(8)11-3-1-2-3/h7,9,11,13-16,19H,6,8,10,12H2,1-5H3,(H2,23,24,29);3,6H,1-2,8H2,(H2,7,10). The highest BCUT2D eigenvalue weighted by Gasteiger charge is 2.40. The van der Waals surface area contributed by atoms with Crippen LogP contribution < -0.4 is 22.1 Å². The maximum Gasteiger partial charge on any atom is 0.315 e. The number of nitrogens with two attached hydrogens (primary N) is 2. The lowest BCUT2D eigenvalue weighted by molar-refractivity contribution is -0.138. The lowest BCUT2D eigenvalue weighted by Gasteiger charge is -2.35. The Kier molecular flexibility index (Phi) is 13.0. The molecule has 4 unspecified atom stereocenters. The number of thiophene rings is 1. The molecule has 6 N–H and O–H groups in total. The summed E-state index contributed by atoms with van der Waals surface area (Å²) in [6.45, 7) is 10.0. The monoisotopic (exact) mass is 609 g/mol. The maximum atomic E-state index is 13.1. The van der Waals surface area contributed by atoms with Crippen LogP contribution in [0.25, 0.3) is 0 Å². The summed E-state index contributed by atoms with van der Waals surface area (Å²) in [5.74, 6) is -1.84. The molecule has 1 saturated heterocycles. The summed E-state index contributed by atoms with van der Waals surface area (Å²) in [6.07, 6.45) is 4.60. The van der Waals surface area contributed by atoms with E-state index in [2.05, 4.69) is 10.6 Å². The molecule has 228 valence electrons. The molecule has 3 rings (SSSR count). The highest BCUT2D eigenvalue weighted by atomic mass is 32.2. The van der Waals surface area contributed by atoms with Gasteiger partial charge in [-0.3, -0.25) is 19.2 Å². The summed E-state index contributed by atoms with van der Waals surface area (Å²) in [6, 6.07) is 1.55. The Balaban J connectivity index is 0.000000446. The van der Waals surface area contributed by atoms with Crippen molar-refractivity contribution in [2.45, 2.75) is 95.5 Å². The molecule has 41 heavy (non-hydrogen) atoms. The summed E-state index contributed by atoms with van der Waals surface area (Å²) in [4.78, 5) is 73.0. The number of carbonyl (C=O) groups is 6. The molecule has 2 heterocycles. The van der Waals surface area contributed by atoms with E-state index in [1.807, 2.05) is 46.1 Å². The Bertz CT molecular complexity index is 1080. The van der Waals surface area contributed by atoms with Crippen molar-refractivity contribution in [3.8, 4) is 0 Å². The van der Waals surface area contributed by atoms with E-state index in [0.29, 0.717) is 23.1 Å². The normalized spacial score (nSPS) is 18.9. The lowest BCUT2D eigenvalue weighted by atomic mass is 9.85. The molecule has 0 aromatic carbocycles. The third-order valence-electron chi connectivity index (χ3n) is 6.82. The maximum absolute atomic E-state index is 13.1. The van der Waals surface area contributed by atoms with Crippen molar-refractivity contribution in [2.75, 3.05) is 6.54 Å². The molecular formula is C28H43N5O6S2. The van der Waals surface area contributed by atoms with Crippen molar-refractivity contribution in [1.82, 2.24) is 15.5 Å². The van der Waals surface area contributed by atoms with Crippen LogP contribution >= 0.6 is 23.1 Å². The molecule has 1 saturated carbocycles. The third-order valence-corrected chi connectivity index (χ3v) is 9.09. The summed E-state index contributed by atoms with van der Waals surface area (Å²) in [5.41, 5.74) is 9.59. The van der Waals surface area contributed by atoms with Crippen LogP contribution in [0.3, 0.4) is 0 Å². The first-order valence-corrected chi connectivity index (χ1v) is 15.6. The summed E-state index contributed by atoms with van der Waals surface area (Å²) >= 11 is 2.71. The van der Waals surface area contributed by atoms with Gasteiger partial charge in [0.05, 0.1) is 10.9 Å². The zero-order valence-electron chi connectivity index (χ0n) is 24.4. The van der Waals surface area contributed by atoms with Crippen LogP contribution in [0.2, 0.25) is 0 Å². The molecule has 0 bridgehead atoms. The van der Waals surface area contributed by atoms with Gasteiger partial charge in [0.1, 0.15) is 17.7 Å². The van der Waals surface area contributed by atoms with Crippen molar-refractivity contribution in [2.24, 2.45) is 22.8 Å². The minimum absolute atomic E-state index is 0.0154. The van der Waals surface area contributed by atoms with Gasteiger partial charge in [-0.2, -0.15) is 0 Å². The number of carbonyl (C=O) groups excluding carboxylic acids is 6. The highest BCUT2D eigenvalue weighted by molar-refractivity contribution is 8.01. The van der Waals surface area contributed by atoms with Gasteiger partial charge in [0.25, 0.3) is 5.91 Å². The van der Waals surface area contributed by atoms with Gasteiger partial charge >= 0.3 is 6.03 Å². The number of urea groups is 1. The molecule has 2 fully saturated rings. The average Bonchev–Trinajstić information content (AvgIpc) is 3.33. The third kappa shape index (κ3) is 10.9. The van der Waals surface area contributed by atoms with Crippen LogP contribution in [-0.2, 0) is 19.2 Å². The Labute approximate surface area is 249 Å². The van der Waals surface area contributed by atoms with Crippen molar-refractivity contribution >= 4 is 58.8 Å². The van der Waals surface area contributed by atoms with Crippen molar-refractivity contribution in [3.63, 3.8) is 0 Å². The zero-order valence-corrected chi connectivity index (χ0v) is 26.0. The molecule has 1 aromatic rings. The number of hydrogen-bond donors (Lipinski definition) is 4. The van der Waals surface area contributed by atoms with Crippen LogP contribution in [0.1, 0.15) is 76.4 Å². The molecule has 13 heteroatoms. The second-order valence-corrected chi connectivity index (χ2v) is 14.1. The van der Waals surface area contributed by atoms with E-state index in [1.165, 1.54) is 23.1 Å². The Morgan fingerprint density at radius 1 is 1.15 bits per heavy atom. The number of aldehydes is 1. The number of nitrogens with one attached hydrogen (secondary N) is 2. The molecular weight excluding hydrogens is 566 g/mol. The van der Waals surface area contributed by atoms with Gasteiger partial charge in [-0.05, 0) is 48.5 Å². The minimum atomic E-state index is -0.939. The second-order valence-electron chi connectivity index (χ2n) is 11.7. The fourth-order valence-corrected chi connectivity index (χ4v) is 5.91. The molecule has 1 aliphatic heterocycles. The number of ketones is 2. The second kappa shape index (κ2) is 15.5. The number of likely N-dealkylation sites (tertiary alicyclic amines) is 1. The number of amides is 4. The van der Waals surface area contributed by atoms with E-state index in [0.717, 1.165) is 25.5 Å².